The summed E-state index contributed by atoms with van der Waals surface area (Å²) < 4.78 is 13.1. The number of benzene rings is 2. The summed E-state index contributed by atoms with van der Waals surface area (Å²) in [7, 11) is 0. The normalized spacial score (nSPS) is 12.4. The molecule has 2 nitrogen and oxygen atoms in total. The maximum atomic E-state index is 13.1. The number of rotatable bonds is 3. The first-order valence-corrected chi connectivity index (χ1v) is 5.43. The fourth-order valence-corrected chi connectivity index (χ4v) is 1.76. The fourth-order valence-electron chi connectivity index (χ4n) is 1.76. The minimum absolute atomic E-state index is 0.350. The lowest BCUT2D eigenvalue weighted by Gasteiger charge is -2.12. The lowest BCUT2D eigenvalue weighted by molar-refractivity contribution is 0.219. The Hall–Kier alpha value is -1.71. The van der Waals surface area contributed by atoms with Gasteiger partial charge in [0.2, 0.25) is 0 Å². The van der Waals surface area contributed by atoms with Crippen molar-refractivity contribution in [2.75, 3.05) is 0 Å². The summed E-state index contributed by atoms with van der Waals surface area (Å²) >= 11 is 0. The number of halogens is 1. The second kappa shape index (κ2) is 5.08. The van der Waals surface area contributed by atoms with Crippen molar-refractivity contribution in [3.8, 4) is 0 Å². The molecule has 0 aliphatic carbocycles. The molecule has 0 aliphatic rings. The van der Waals surface area contributed by atoms with Crippen LogP contribution in [-0.4, -0.2) is 5.11 Å². The molecule has 0 bridgehead atoms. The monoisotopic (exact) mass is 231 g/mol. The van der Waals surface area contributed by atoms with Gasteiger partial charge >= 0.3 is 0 Å². The molecule has 17 heavy (non-hydrogen) atoms. The van der Waals surface area contributed by atoms with Crippen LogP contribution in [0.15, 0.2) is 48.5 Å². The molecule has 2 rings (SSSR count). The largest absolute Gasteiger partial charge is 0.384 e. The van der Waals surface area contributed by atoms with Gasteiger partial charge in [-0.15, -0.1) is 0 Å². The summed E-state index contributed by atoms with van der Waals surface area (Å²) in [6.07, 6.45) is -0.822. The van der Waals surface area contributed by atoms with E-state index in [1.165, 1.54) is 12.1 Å². The average Bonchev–Trinajstić information content (AvgIpc) is 2.38. The fraction of sp³-hybridized carbons (Fsp3) is 0.143. The third-order valence-corrected chi connectivity index (χ3v) is 2.67. The van der Waals surface area contributed by atoms with Gasteiger partial charge in [0.15, 0.2) is 0 Å². The topological polar surface area (TPSA) is 46.2 Å². The van der Waals surface area contributed by atoms with Gasteiger partial charge in [0, 0.05) is 6.54 Å². The van der Waals surface area contributed by atoms with Crippen LogP contribution in [-0.2, 0) is 6.54 Å². The maximum absolute atomic E-state index is 13.1. The van der Waals surface area contributed by atoms with Crippen molar-refractivity contribution in [2.24, 2.45) is 5.73 Å². The molecule has 3 N–H and O–H groups in total. The highest BCUT2D eigenvalue weighted by Gasteiger charge is 2.11. The summed E-state index contributed by atoms with van der Waals surface area (Å²) in [6, 6.07) is 13.3. The van der Waals surface area contributed by atoms with Crippen LogP contribution >= 0.6 is 0 Å². The number of aliphatic hydroxyl groups is 1. The van der Waals surface area contributed by atoms with Gasteiger partial charge in [-0.1, -0.05) is 36.4 Å². The molecule has 0 fully saturated rings. The first-order valence-electron chi connectivity index (χ1n) is 5.43. The highest BCUT2D eigenvalue weighted by Crippen LogP contribution is 2.23. The summed E-state index contributed by atoms with van der Waals surface area (Å²) in [6.45, 7) is 0.420. The first kappa shape index (κ1) is 11.8. The molecule has 0 saturated heterocycles. The highest BCUT2D eigenvalue weighted by molar-refractivity contribution is 5.32. The van der Waals surface area contributed by atoms with E-state index in [9.17, 15) is 9.50 Å². The zero-order chi connectivity index (χ0) is 12.3. The smallest absolute Gasteiger partial charge is 0.123 e. The van der Waals surface area contributed by atoms with Gasteiger partial charge in [-0.25, -0.2) is 4.39 Å². The molecule has 0 aliphatic heterocycles. The van der Waals surface area contributed by atoms with Crippen molar-refractivity contribution in [1.29, 1.82) is 0 Å². The van der Waals surface area contributed by atoms with Gasteiger partial charge in [0.1, 0.15) is 11.9 Å². The number of hydrogen-bond donors (Lipinski definition) is 2. The number of aliphatic hydroxyl groups excluding tert-OH is 1. The van der Waals surface area contributed by atoms with Crippen LogP contribution in [0.25, 0.3) is 0 Å². The van der Waals surface area contributed by atoms with Gasteiger partial charge in [0.25, 0.3) is 0 Å². The van der Waals surface area contributed by atoms with E-state index in [4.69, 9.17) is 5.73 Å². The van der Waals surface area contributed by atoms with Crippen LogP contribution in [0.3, 0.4) is 0 Å². The standard InChI is InChI=1S/C14H14FNO/c15-13-6-2-5-12(8-13)14(17)11-4-1-3-10(7-11)9-16/h1-8,14,17H,9,16H2. The molecule has 0 aromatic heterocycles. The van der Waals surface area contributed by atoms with Crippen LogP contribution in [0.1, 0.15) is 22.8 Å². The van der Waals surface area contributed by atoms with Crippen molar-refractivity contribution < 1.29 is 9.50 Å². The summed E-state index contributed by atoms with van der Waals surface area (Å²) in [5, 5.41) is 10.1. The predicted octanol–water partition coefficient (Wildman–Crippen LogP) is 2.37. The Balaban J connectivity index is 2.33. The predicted molar refractivity (Wildman–Crippen MR) is 64.8 cm³/mol. The molecule has 0 saturated carbocycles. The molecule has 1 unspecified atom stereocenters. The van der Waals surface area contributed by atoms with Gasteiger partial charge in [-0.05, 0) is 28.8 Å². The number of hydrogen-bond acceptors (Lipinski definition) is 2. The van der Waals surface area contributed by atoms with E-state index in [0.29, 0.717) is 12.1 Å². The second-order valence-electron chi connectivity index (χ2n) is 3.91. The molecule has 0 radical (unpaired) electrons. The SMILES string of the molecule is NCc1cccc(C(O)c2cccc(F)c2)c1. The minimum atomic E-state index is -0.822. The molecule has 0 spiro atoms. The van der Waals surface area contributed by atoms with Crippen molar-refractivity contribution in [3.63, 3.8) is 0 Å². The molecular formula is C14H14FNO. The molecular weight excluding hydrogens is 217 g/mol. The average molecular weight is 231 g/mol. The van der Waals surface area contributed by atoms with Crippen LogP contribution in [0.4, 0.5) is 4.39 Å². The van der Waals surface area contributed by atoms with Gasteiger partial charge in [-0.3, -0.25) is 0 Å². The zero-order valence-electron chi connectivity index (χ0n) is 9.31. The molecule has 3 heteroatoms. The zero-order valence-corrected chi connectivity index (χ0v) is 9.31. The van der Waals surface area contributed by atoms with Crippen LogP contribution in [0.5, 0.6) is 0 Å². The molecule has 1 atom stereocenters. The lowest BCUT2D eigenvalue weighted by Crippen LogP contribution is -2.02. The Kier molecular flexibility index (Phi) is 3.52. The van der Waals surface area contributed by atoms with Gasteiger partial charge < -0.3 is 10.8 Å². The molecule has 0 heterocycles. The van der Waals surface area contributed by atoms with E-state index < -0.39 is 6.10 Å². The first-order chi connectivity index (χ1) is 8.20. The minimum Gasteiger partial charge on any atom is -0.384 e. The Morgan fingerprint density at radius 3 is 2.35 bits per heavy atom. The third kappa shape index (κ3) is 2.70. The Labute approximate surface area is 99.5 Å². The van der Waals surface area contributed by atoms with Gasteiger partial charge in [-0.2, -0.15) is 0 Å². The third-order valence-electron chi connectivity index (χ3n) is 2.67. The van der Waals surface area contributed by atoms with E-state index >= 15 is 0 Å². The quantitative estimate of drug-likeness (QED) is 0.851. The van der Waals surface area contributed by atoms with Crippen LogP contribution in [0.2, 0.25) is 0 Å². The molecule has 88 valence electrons. The van der Waals surface area contributed by atoms with E-state index in [2.05, 4.69) is 0 Å². The van der Waals surface area contributed by atoms with Crippen molar-refractivity contribution in [2.45, 2.75) is 12.6 Å². The van der Waals surface area contributed by atoms with Crippen molar-refractivity contribution in [1.82, 2.24) is 0 Å². The van der Waals surface area contributed by atoms with E-state index in [1.807, 2.05) is 18.2 Å². The Morgan fingerprint density at radius 2 is 1.71 bits per heavy atom. The molecule has 2 aromatic carbocycles. The summed E-state index contributed by atoms with van der Waals surface area (Å²) in [5.41, 5.74) is 7.74. The van der Waals surface area contributed by atoms with E-state index in [0.717, 1.165) is 11.1 Å². The summed E-state index contributed by atoms with van der Waals surface area (Å²) in [5.74, 6) is -0.350. The molecule has 0 amide bonds. The van der Waals surface area contributed by atoms with Crippen LogP contribution < -0.4 is 5.73 Å². The summed E-state index contributed by atoms with van der Waals surface area (Å²) in [4.78, 5) is 0. The van der Waals surface area contributed by atoms with Crippen molar-refractivity contribution >= 4 is 0 Å². The van der Waals surface area contributed by atoms with Crippen molar-refractivity contribution in [3.05, 3.63) is 71.0 Å². The lowest BCUT2D eigenvalue weighted by atomic mass is 10.00. The Morgan fingerprint density at radius 1 is 1.06 bits per heavy atom. The van der Waals surface area contributed by atoms with E-state index in [1.54, 1.807) is 18.2 Å². The molecule has 2 aromatic rings. The number of nitrogens with two attached hydrogens (primary N) is 1. The van der Waals surface area contributed by atoms with E-state index in [-0.39, 0.29) is 5.82 Å². The van der Waals surface area contributed by atoms with Gasteiger partial charge in [0.05, 0.1) is 0 Å². The highest BCUT2D eigenvalue weighted by atomic mass is 19.1. The second-order valence-corrected chi connectivity index (χ2v) is 3.91. The van der Waals surface area contributed by atoms with Crippen LogP contribution in [0, 0.1) is 5.82 Å². The maximum Gasteiger partial charge on any atom is 0.123 e. The Bertz CT molecular complexity index is 513.